The molecule has 0 fully saturated rings. The summed E-state index contributed by atoms with van der Waals surface area (Å²) in [5.41, 5.74) is 9.51. The number of rotatable bonds is 3. The van der Waals surface area contributed by atoms with Gasteiger partial charge in [0, 0.05) is 22.1 Å². The maximum Gasteiger partial charge on any atom is 0.124 e. The maximum atomic E-state index is 12.7. The van der Waals surface area contributed by atoms with Crippen LogP contribution in [0, 0.1) is 6.92 Å². The standard InChI is InChI=1S/C17H19NO2S/c1-12-5-4-6-13(9-12)11-21(19)16-10-20-15-8-3-2-7-14(15)17(16)18/h2-9,16-17H,10-11,18H2,1H3. The highest BCUT2D eigenvalue weighted by Crippen LogP contribution is 2.33. The van der Waals surface area contributed by atoms with Crippen molar-refractivity contribution in [3.8, 4) is 5.75 Å². The molecule has 1 heterocycles. The van der Waals surface area contributed by atoms with Crippen molar-refractivity contribution >= 4 is 10.8 Å². The molecule has 0 bridgehead atoms. The molecule has 21 heavy (non-hydrogen) atoms. The molecular formula is C17H19NO2S. The third-order valence-electron chi connectivity index (χ3n) is 3.81. The second-order valence-corrected chi connectivity index (χ2v) is 7.08. The number of nitrogens with two attached hydrogens (primary N) is 1. The molecule has 4 heteroatoms. The number of para-hydroxylation sites is 1. The Balaban J connectivity index is 1.77. The smallest absolute Gasteiger partial charge is 0.124 e. The second-order valence-electron chi connectivity index (χ2n) is 5.43. The van der Waals surface area contributed by atoms with E-state index in [9.17, 15) is 4.21 Å². The Morgan fingerprint density at radius 2 is 2.05 bits per heavy atom. The number of benzene rings is 2. The zero-order valence-corrected chi connectivity index (χ0v) is 12.8. The van der Waals surface area contributed by atoms with E-state index in [1.54, 1.807) is 0 Å². The van der Waals surface area contributed by atoms with E-state index in [2.05, 4.69) is 6.07 Å². The Morgan fingerprint density at radius 1 is 1.24 bits per heavy atom. The van der Waals surface area contributed by atoms with Crippen molar-refractivity contribution in [2.75, 3.05) is 6.61 Å². The van der Waals surface area contributed by atoms with Crippen LogP contribution in [0.4, 0.5) is 0 Å². The van der Waals surface area contributed by atoms with E-state index >= 15 is 0 Å². The second kappa shape index (κ2) is 6.00. The third kappa shape index (κ3) is 3.01. The molecule has 3 rings (SSSR count). The monoisotopic (exact) mass is 301 g/mol. The Hall–Kier alpha value is -1.65. The average Bonchev–Trinajstić information content (AvgIpc) is 2.48. The van der Waals surface area contributed by atoms with Crippen LogP contribution >= 0.6 is 0 Å². The van der Waals surface area contributed by atoms with Gasteiger partial charge in [0.2, 0.25) is 0 Å². The predicted octanol–water partition coefficient (Wildman–Crippen LogP) is 2.70. The van der Waals surface area contributed by atoms with E-state index in [1.807, 2.05) is 49.4 Å². The van der Waals surface area contributed by atoms with Crippen molar-refractivity contribution < 1.29 is 8.95 Å². The summed E-state index contributed by atoms with van der Waals surface area (Å²) in [5.74, 6) is 1.33. The van der Waals surface area contributed by atoms with E-state index in [1.165, 1.54) is 5.56 Å². The Bertz CT molecular complexity index is 671. The molecule has 2 aromatic rings. The first kappa shape index (κ1) is 14.3. The SMILES string of the molecule is Cc1cccc(CS(=O)C2COc3ccccc3C2N)c1. The van der Waals surface area contributed by atoms with E-state index in [-0.39, 0.29) is 11.3 Å². The Kier molecular flexibility index (Phi) is 4.08. The van der Waals surface area contributed by atoms with E-state index in [0.29, 0.717) is 12.4 Å². The summed E-state index contributed by atoms with van der Waals surface area (Å²) in [6.45, 7) is 2.45. The first-order chi connectivity index (χ1) is 10.1. The third-order valence-corrected chi connectivity index (χ3v) is 5.53. The van der Waals surface area contributed by atoms with E-state index in [4.69, 9.17) is 10.5 Å². The van der Waals surface area contributed by atoms with Crippen molar-refractivity contribution in [3.05, 3.63) is 65.2 Å². The molecule has 0 amide bonds. The molecule has 1 aliphatic rings. The van der Waals surface area contributed by atoms with Gasteiger partial charge in [-0.1, -0.05) is 48.0 Å². The van der Waals surface area contributed by atoms with Gasteiger partial charge in [-0.15, -0.1) is 0 Å². The minimum absolute atomic E-state index is 0.166. The van der Waals surface area contributed by atoms with Crippen LogP contribution < -0.4 is 10.5 Å². The Morgan fingerprint density at radius 3 is 2.86 bits per heavy atom. The molecule has 2 aromatic carbocycles. The fourth-order valence-corrected chi connectivity index (χ4v) is 4.09. The minimum atomic E-state index is -1.05. The van der Waals surface area contributed by atoms with Crippen molar-refractivity contribution in [2.24, 2.45) is 5.73 Å². The van der Waals surface area contributed by atoms with Crippen molar-refractivity contribution in [1.29, 1.82) is 0 Å². The normalized spacial score (nSPS) is 22.2. The van der Waals surface area contributed by atoms with Crippen LogP contribution in [0.15, 0.2) is 48.5 Å². The van der Waals surface area contributed by atoms with Crippen molar-refractivity contribution in [3.63, 3.8) is 0 Å². The Labute approximate surface area is 127 Å². The topological polar surface area (TPSA) is 52.3 Å². The molecule has 3 nitrogen and oxygen atoms in total. The predicted molar refractivity (Wildman–Crippen MR) is 85.7 cm³/mol. The highest BCUT2D eigenvalue weighted by molar-refractivity contribution is 7.84. The van der Waals surface area contributed by atoms with Gasteiger partial charge in [-0.25, -0.2) is 0 Å². The lowest BCUT2D eigenvalue weighted by Crippen LogP contribution is -2.39. The van der Waals surface area contributed by atoms with Gasteiger partial charge in [-0.2, -0.15) is 0 Å². The van der Waals surface area contributed by atoms with Gasteiger partial charge in [-0.05, 0) is 18.6 Å². The van der Waals surface area contributed by atoms with Crippen LogP contribution in [0.5, 0.6) is 5.75 Å². The molecule has 1 aliphatic heterocycles. The lowest BCUT2D eigenvalue weighted by molar-refractivity contribution is 0.273. The van der Waals surface area contributed by atoms with Crippen LogP contribution in [-0.4, -0.2) is 16.1 Å². The number of hydrogen-bond acceptors (Lipinski definition) is 3. The summed E-state index contributed by atoms with van der Waals surface area (Å²) in [5, 5.41) is -0.166. The van der Waals surface area contributed by atoms with Crippen LogP contribution in [0.2, 0.25) is 0 Å². The largest absolute Gasteiger partial charge is 0.492 e. The fraction of sp³-hybridized carbons (Fsp3) is 0.294. The molecule has 0 aromatic heterocycles. The van der Waals surface area contributed by atoms with Gasteiger partial charge in [0.15, 0.2) is 0 Å². The maximum absolute atomic E-state index is 12.7. The molecule has 0 saturated heterocycles. The summed E-state index contributed by atoms with van der Waals surface area (Å²) >= 11 is 0. The van der Waals surface area contributed by atoms with Gasteiger partial charge in [0.25, 0.3) is 0 Å². The number of fused-ring (bicyclic) bond motifs is 1. The van der Waals surface area contributed by atoms with Crippen molar-refractivity contribution in [1.82, 2.24) is 0 Å². The van der Waals surface area contributed by atoms with E-state index in [0.717, 1.165) is 16.9 Å². The van der Waals surface area contributed by atoms with E-state index < -0.39 is 10.8 Å². The quantitative estimate of drug-likeness (QED) is 0.948. The molecule has 110 valence electrons. The molecule has 2 N–H and O–H groups in total. The summed E-state index contributed by atoms with van der Waals surface area (Å²) in [7, 11) is -1.05. The van der Waals surface area contributed by atoms with Crippen LogP contribution in [-0.2, 0) is 16.6 Å². The highest BCUT2D eigenvalue weighted by atomic mass is 32.2. The van der Waals surface area contributed by atoms with Gasteiger partial charge < -0.3 is 10.5 Å². The van der Waals surface area contributed by atoms with Crippen LogP contribution in [0.1, 0.15) is 22.7 Å². The van der Waals surface area contributed by atoms with Crippen molar-refractivity contribution in [2.45, 2.75) is 24.0 Å². The van der Waals surface area contributed by atoms with Gasteiger partial charge in [0.05, 0.1) is 11.3 Å². The zero-order valence-electron chi connectivity index (χ0n) is 12.0. The lowest BCUT2D eigenvalue weighted by atomic mass is 10.0. The lowest BCUT2D eigenvalue weighted by Gasteiger charge is -2.30. The van der Waals surface area contributed by atoms with Gasteiger partial charge in [0.1, 0.15) is 12.4 Å². The summed E-state index contributed by atoms with van der Waals surface area (Å²) in [6.07, 6.45) is 0. The molecule has 0 aliphatic carbocycles. The van der Waals surface area contributed by atoms with Crippen LogP contribution in [0.3, 0.4) is 0 Å². The number of hydrogen-bond donors (Lipinski definition) is 1. The summed E-state index contributed by atoms with van der Waals surface area (Å²) in [6, 6.07) is 15.6. The first-order valence-corrected chi connectivity index (χ1v) is 8.43. The summed E-state index contributed by atoms with van der Waals surface area (Å²) in [4.78, 5) is 0. The molecule has 0 saturated carbocycles. The fourth-order valence-electron chi connectivity index (χ4n) is 2.68. The highest BCUT2D eigenvalue weighted by Gasteiger charge is 2.32. The average molecular weight is 301 g/mol. The summed E-state index contributed by atoms with van der Waals surface area (Å²) < 4.78 is 18.4. The molecule has 3 unspecified atom stereocenters. The molecule has 3 atom stereocenters. The minimum Gasteiger partial charge on any atom is -0.492 e. The number of ether oxygens (including phenoxy) is 1. The van der Waals surface area contributed by atoms with Crippen LogP contribution in [0.25, 0.3) is 0 Å². The molecule has 0 spiro atoms. The first-order valence-electron chi connectivity index (χ1n) is 7.05. The van der Waals surface area contributed by atoms with Gasteiger partial charge in [-0.3, -0.25) is 4.21 Å². The number of aryl methyl sites for hydroxylation is 1. The molecular weight excluding hydrogens is 282 g/mol. The zero-order chi connectivity index (χ0) is 14.8. The van der Waals surface area contributed by atoms with Gasteiger partial charge >= 0.3 is 0 Å². The molecule has 0 radical (unpaired) electrons.